The highest BCUT2D eigenvalue weighted by Crippen LogP contribution is 2.41. The molecule has 0 saturated carbocycles. The van der Waals surface area contributed by atoms with Crippen LogP contribution in [0.2, 0.25) is 0 Å². The molecule has 33 heavy (non-hydrogen) atoms. The van der Waals surface area contributed by atoms with Crippen LogP contribution in [0.1, 0.15) is 35.0 Å². The second kappa shape index (κ2) is 9.81. The molecule has 0 N–H and O–H groups in total. The Morgan fingerprint density at radius 1 is 1.00 bits per heavy atom. The van der Waals surface area contributed by atoms with Gasteiger partial charge < -0.3 is 28.4 Å². The van der Waals surface area contributed by atoms with Crippen molar-refractivity contribution in [1.29, 1.82) is 0 Å². The zero-order valence-corrected chi connectivity index (χ0v) is 19.2. The quantitative estimate of drug-likeness (QED) is 0.533. The Labute approximate surface area is 192 Å². The predicted molar refractivity (Wildman–Crippen MR) is 120 cm³/mol. The number of likely N-dealkylation sites (tertiary alicyclic amines) is 1. The molecule has 0 unspecified atom stereocenters. The molecule has 0 bridgehead atoms. The van der Waals surface area contributed by atoms with Crippen molar-refractivity contribution < 1.29 is 28.3 Å². The van der Waals surface area contributed by atoms with Gasteiger partial charge in [-0.25, -0.2) is 0 Å². The van der Waals surface area contributed by atoms with Gasteiger partial charge in [-0.2, -0.15) is 4.98 Å². The predicted octanol–water partition coefficient (Wildman–Crippen LogP) is 3.79. The standard InChI is InChI=1S/C24H27N3O6/c1-29-18-10-6-5-9-17(18)24(28)27-11-7-8-15(14-27)23-25-22(26-33-23)16-12-19(30-2)21(32-4)20(13-16)31-3/h5-6,9-10,12-13,15H,7-8,11,14H2,1-4H3/t15-/m0/s1. The number of benzene rings is 2. The highest BCUT2D eigenvalue weighted by atomic mass is 16.5. The molecule has 1 amide bonds. The van der Waals surface area contributed by atoms with E-state index >= 15 is 0 Å². The van der Waals surface area contributed by atoms with Crippen LogP contribution in [0.4, 0.5) is 0 Å². The molecule has 2 heterocycles. The Bertz CT molecular complexity index is 1100. The van der Waals surface area contributed by atoms with Crippen LogP contribution in [0.25, 0.3) is 11.4 Å². The average Bonchev–Trinajstić information content (AvgIpc) is 3.37. The third-order valence-electron chi connectivity index (χ3n) is 5.76. The van der Waals surface area contributed by atoms with E-state index in [-0.39, 0.29) is 11.8 Å². The number of hydrogen-bond donors (Lipinski definition) is 0. The van der Waals surface area contributed by atoms with Gasteiger partial charge in [-0.05, 0) is 37.1 Å². The lowest BCUT2D eigenvalue weighted by Gasteiger charge is -2.31. The molecular formula is C24H27N3O6. The van der Waals surface area contributed by atoms with Crippen molar-refractivity contribution in [3.05, 3.63) is 47.9 Å². The molecular weight excluding hydrogens is 426 g/mol. The number of methoxy groups -OCH3 is 4. The number of piperidine rings is 1. The Balaban J connectivity index is 1.56. The molecule has 9 heteroatoms. The third kappa shape index (κ3) is 4.44. The summed E-state index contributed by atoms with van der Waals surface area (Å²) < 4.78 is 27.2. The molecule has 0 radical (unpaired) electrons. The normalized spacial score (nSPS) is 15.8. The molecule has 0 spiro atoms. The molecule has 1 atom stereocenters. The molecule has 174 valence electrons. The van der Waals surface area contributed by atoms with Crippen LogP contribution < -0.4 is 18.9 Å². The van der Waals surface area contributed by atoms with Crippen molar-refractivity contribution in [1.82, 2.24) is 15.0 Å². The number of hydrogen-bond acceptors (Lipinski definition) is 8. The van der Waals surface area contributed by atoms with Crippen LogP contribution in [0, 0.1) is 0 Å². The van der Waals surface area contributed by atoms with Crippen molar-refractivity contribution in [3.63, 3.8) is 0 Å². The van der Waals surface area contributed by atoms with E-state index in [2.05, 4.69) is 10.1 Å². The minimum atomic E-state index is -0.0680. The fourth-order valence-corrected chi connectivity index (χ4v) is 4.08. The summed E-state index contributed by atoms with van der Waals surface area (Å²) in [6.07, 6.45) is 1.69. The molecule has 9 nitrogen and oxygen atoms in total. The number of ether oxygens (including phenoxy) is 4. The number of amides is 1. The summed E-state index contributed by atoms with van der Waals surface area (Å²) in [7, 11) is 6.22. The summed E-state index contributed by atoms with van der Waals surface area (Å²) in [6, 6.07) is 10.8. The maximum absolute atomic E-state index is 13.1. The highest BCUT2D eigenvalue weighted by molar-refractivity contribution is 5.97. The fraction of sp³-hybridized carbons (Fsp3) is 0.375. The van der Waals surface area contributed by atoms with E-state index in [1.165, 1.54) is 0 Å². The lowest BCUT2D eigenvalue weighted by Crippen LogP contribution is -2.39. The van der Waals surface area contributed by atoms with Gasteiger partial charge in [0.2, 0.25) is 17.5 Å². The van der Waals surface area contributed by atoms with Gasteiger partial charge in [0, 0.05) is 18.7 Å². The van der Waals surface area contributed by atoms with Crippen LogP contribution in [0.3, 0.4) is 0 Å². The van der Waals surface area contributed by atoms with E-state index in [4.69, 9.17) is 23.5 Å². The van der Waals surface area contributed by atoms with Crippen molar-refractivity contribution in [2.75, 3.05) is 41.5 Å². The van der Waals surface area contributed by atoms with Crippen molar-refractivity contribution in [2.24, 2.45) is 0 Å². The Morgan fingerprint density at radius 2 is 1.70 bits per heavy atom. The number of aromatic nitrogens is 2. The molecule has 2 aromatic carbocycles. The van der Waals surface area contributed by atoms with Gasteiger partial charge >= 0.3 is 0 Å². The van der Waals surface area contributed by atoms with Crippen molar-refractivity contribution in [3.8, 4) is 34.4 Å². The Kier molecular flexibility index (Phi) is 6.67. The first-order valence-corrected chi connectivity index (χ1v) is 10.7. The SMILES string of the molecule is COc1ccccc1C(=O)N1CCC[C@H](c2nc(-c3cc(OC)c(OC)c(OC)c3)no2)C1. The van der Waals surface area contributed by atoms with E-state index in [0.29, 0.717) is 58.9 Å². The first-order chi connectivity index (χ1) is 16.1. The van der Waals surface area contributed by atoms with Gasteiger partial charge in [0.25, 0.3) is 5.91 Å². The maximum atomic E-state index is 13.1. The fourth-order valence-electron chi connectivity index (χ4n) is 4.08. The number of nitrogens with zero attached hydrogens (tertiary/aromatic N) is 3. The summed E-state index contributed by atoms with van der Waals surface area (Å²) >= 11 is 0. The molecule has 1 fully saturated rings. The Hall–Kier alpha value is -3.75. The highest BCUT2D eigenvalue weighted by Gasteiger charge is 2.30. The summed E-state index contributed by atoms with van der Waals surface area (Å²) in [5.41, 5.74) is 1.22. The maximum Gasteiger partial charge on any atom is 0.257 e. The topological polar surface area (TPSA) is 96.2 Å². The second-order valence-corrected chi connectivity index (χ2v) is 7.66. The summed E-state index contributed by atoms with van der Waals surface area (Å²) in [6.45, 7) is 1.16. The van der Waals surface area contributed by atoms with Crippen molar-refractivity contribution >= 4 is 5.91 Å². The monoisotopic (exact) mass is 453 g/mol. The molecule has 4 rings (SSSR count). The van der Waals surface area contributed by atoms with Gasteiger partial charge in [0.1, 0.15) is 5.75 Å². The average molecular weight is 453 g/mol. The smallest absolute Gasteiger partial charge is 0.257 e. The van der Waals surface area contributed by atoms with E-state index < -0.39 is 0 Å². The van der Waals surface area contributed by atoms with Crippen LogP contribution >= 0.6 is 0 Å². The largest absolute Gasteiger partial charge is 0.496 e. The first-order valence-electron chi connectivity index (χ1n) is 10.7. The van der Waals surface area contributed by atoms with Crippen molar-refractivity contribution in [2.45, 2.75) is 18.8 Å². The van der Waals surface area contributed by atoms with Crippen LogP contribution in [-0.4, -0.2) is 62.5 Å². The van der Waals surface area contributed by atoms with Gasteiger partial charge in [0.15, 0.2) is 11.5 Å². The van der Waals surface area contributed by atoms with Crippen LogP contribution in [0.5, 0.6) is 23.0 Å². The van der Waals surface area contributed by atoms with E-state index in [0.717, 1.165) is 12.8 Å². The number of carbonyl (C=O) groups is 1. The third-order valence-corrected chi connectivity index (χ3v) is 5.76. The lowest BCUT2D eigenvalue weighted by molar-refractivity contribution is 0.0692. The minimum Gasteiger partial charge on any atom is -0.496 e. The van der Waals surface area contributed by atoms with Gasteiger partial charge in [-0.1, -0.05) is 17.3 Å². The minimum absolute atomic E-state index is 0.0549. The number of carbonyl (C=O) groups excluding carboxylic acids is 1. The summed E-state index contributed by atoms with van der Waals surface area (Å²) in [5, 5.41) is 4.16. The zero-order chi connectivity index (χ0) is 23.4. The number of para-hydroxylation sites is 1. The van der Waals surface area contributed by atoms with E-state index in [9.17, 15) is 4.79 Å². The Morgan fingerprint density at radius 3 is 2.36 bits per heavy atom. The van der Waals surface area contributed by atoms with Gasteiger partial charge in [0.05, 0.1) is 39.9 Å². The molecule has 1 aromatic heterocycles. The molecule has 1 aliphatic heterocycles. The molecule has 0 aliphatic carbocycles. The molecule has 3 aromatic rings. The number of rotatable bonds is 7. The summed E-state index contributed by atoms with van der Waals surface area (Å²) in [5.74, 6) is 2.85. The van der Waals surface area contributed by atoms with Gasteiger partial charge in [-0.15, -0.1) is 0 Å². The van der Waals surface area contributed by atoms with Crippen LogP contribution in [0.15, 0.2) is 40.9 Å². The lowest BCUT2D eigenvalue weighted by atomic mass is 9.97. The zero-order valence-electron chi connectivity index (χ0n) is 19.2. The second-order valence-electron chi connectivity index (χ2n) is 7.66. The van der Waals surface area contributed by atoms with E-state index in [1.807, 2.05) is 17.0 Å². The summed E-state index contributed by atoms with van der Waals surface area (Å²) in [4.78, 5) is 19.6. The molecule has 1 aliphatic rings. The first kappa shape index (κ1) is 22.4. The molecule has 1 saturated heterocycles. The van der Waals surface area contributed by atoms with Crippen LogP contribution in [-0.2, 0) is 0 Å². The van der Waals surface area contributed by atoms with E-state index in [1.54, 1.807) is 52.7 Å². The van der Waals surface area contributed by atoms with Gasteiger partial charge in [-0.3, -0.25) is 4.79 Å².